The third-order valence-corrected chi connectivity index (χ3v) is 2.14. The average molecular weight is 228 g/mol. The molecular weight excluding hydrogens is 215 g/mol. The number of halogens is 1. The van der Waals surface area contributed by atoms with Gasteiger partial charge in [-0.3, -0.25) is 0 Å². The Morgan fingerprint density at radius 3 is 2.69 bits per heavy atom. The molecule has 0 aromatic heterocycles. The number of carbonyl (C=O) groups is 1. The zero-order valence-electron chi connectivity index (χ0n) is 9.01. The van der Waals surface area contributed by atoms with Crippen LogP contribution in [0, 0.1) is 0 Å². The van der Waals surface area contributed by atoms with E-state index < -0.39 is 18.2 Å². The second-order valence-electron chi connectivity index (χ2n) is 3.15. The summed E-state index contributed by atoms with van der Waals surface area (Å²) in [6.45, 7) is 0. The summed E-state index contributed by atoms with van der Waals surface area (Å²) < 4.78 is 22.5. The molecule has 1 N–H and O–H groups in total. The molecule has 0 fully saturated rings. The van der Waals surface area contributed by atoms with Gasteiger partial charge < -0.3 is 14.6 Å². The summed E-state index contributed by atoms with van der Waals surface area (Å²) in [7, 11) is 2.52. The van der Waals surface area contributed by atoms with Gasteiger partial charge in [0.2, 0.25) is 6.17 Å². The summed E-state index contributed by atoms with van der Waals surface area (Å²) in [5.74, 6) is -0.621. The molecule has 4 nitrogen and oxygen atoms in total. The molecule has 88 valence electrons. The number of ether oxygens (including phenoxy) is 2. The number of methoxy groups -OCH3 is 2. The van der Waals surface area contributed by atoms with Gasteiger partial charge in [0.15, 0.2) is 0 Å². The van der Waals surface area contributed by atoms with Crippen LogP contribution in [-0.2, 0) is 9.53 Å². The van der Waals surface area contributed by atoms with E-state index in [4.69, 9.17) is 4.74 Å². The van der Waals surface area contributed by atoms with E-state index in [2.05, 4.69) is 4.74 Å². The quantitative estimate of drug-likeness (QED) is 0.788. The van der Waals surface area contributed by atoms with Crippen molar-refractivity contribution < 1.29 is 23.8 Å². The maximum absolute atomic E-state index is 13.3. The number of rotatable bonds is 4. The third-order valence-electron chi connectivity index (χ3n) is 2.14. The lowest BCUT2D eigenvalue weighted by Gasteiger charge is -2.14. The topological polar surface area (TPSA) is 55.8 Å². The fourth-order valence-electron chi connectivity index (χ4n) is 1.24. The van der Waals surface area contributed by atoms with Crippen LogP contribution < -0.4 is 4.74 Å². The van der Waals surface area contributed by atoms with E-state index in [1.165, 1.54) is 19.2 Å². The van der Waals surface area contributed by atoms with Crippen LogP contribution in [0.5, 0.6) is 5.75 Å². The monoisotopic (exact) mass is 228 g/mol. The Morgan fingerprint density at radius 1 is 1.44 bits per heavy atom. The molecule has 0 aliphatic carbocycles. The molecule has 1 aromatic rings. The second kappa shape index (κ2) is 5.46. The van der Waals surface area contributed by atoms with E-state index in [0.29, 0.717) is 5.75 Å². The first-order valence-electron chi connectivity index (χ1n) is 4.64. The van der Waals surface area contributed by atoms with Gasteiger partial charge in [0.25, 0.3) is 0 Å². The van der Waals surface area contributed by atoms with E-state index in [1.807, 2.05) is 0 Å². The number of hydrogen-bond acceptors (Lipinski definition) is 4. The molecule has 0 amide bonds. The van der Waals surface area contributed by atoms with Crippen LogP contribution in [0.25, 0.3) is 0 Å². The van der Waals surface area contributed by atoms with Gasteiger partial charge in [0.1, 0.15) is 11.9 Å². The number of esters is 1. The summed E-state index contributed by atoms with van der Waals surface area (Å²) in [6.07, 6.45) is -3.65. The zero-order valence-corrected chi connectivity index (χ0v) is 9.01. The Morgan fingerprint density at radius 2 is 2.12 bits per heavy atom. The first-order valence-corrected chi connectivity index (χ1v) is 4.64. The van der Waals surface area contributed by atoms with Crippen molar-refractivity contribution in [3.63, 3.8) is 0 Å². The highest BCUT2D eigenvalue weighted by atomic mass is 19.1. The van der Waals surface area contributed by atoms with Crippen molar-refractivity contribution in [3.8, 4) is 5.75 Å². The summed E-state index contributed by atoms with van der Waals surface area (Å²) in [6, 6.07) is 6.21. The van der Waals surface area contributed by atoms with Gasteiger partial charge in [0, 0.05) is 0 Å². The van der Waals surface area contributed by atoms with Crippen molar-refractivity contribution in [2.24, 2.45) is 0 Å². The lowest BCUT2D eigenvalue weighted by molar-refractivity contribution is -0.151. The predicted octanol–water partition coefficient (Wildman–Crippen LogP) is 1.24. The predicted molar refractivity (Wildman–Crippen MR) is 54.9 cm³/mol. The molecular formula is C11H13FO4. The molecule has 2 unspecified atom stereocenters. The van der Waals surface area contributed by atoms with Crippen LogP contribution >= 0.6 is 0 Å². The number of benzene rings is 1. The number of alkyl halides is 1. The Bertz CT molecular complexity index is 367. The van der Waals surface area contributed by atoms with Gasteiger partial charge in [-0.25, -0.2) is 9.18 Å². The van der Waals surface area contributed by atoms with E-state index in [9.17, 15) is 14.3 Å². The first-order chi connectivity index (χ1) is 7.60. The van der Waals surface area contributed by atoms with Gasteiger partial charge in [-0.15, -0.1) is 0 Å². The minimum Gasteiger partial charge on any atom is -0.497 e. The van der Waals surface area contributed by atoms with Gasteiger partial charge in [-0.05, 0) is 17.7 Å². The first kappa shape index (κ1) is 12.4. The molecule has 0 aliphatic rings. The van der Waals surface area contributed by atoms with Gasteiger partial charge in [-0.2, -0.15) is 0 Å². The summed E-state index contributed by atoms with van der Waals surface area (Å²) >= 11 is 0. The average Bonchev–Trinajstić information content (AvgIpc) is 2.36. The molecule has 0 saturated carbocycles. The molecule has 0 radical (unpaired) electrons. The van der Waals surface area contributed by atoms with Gasteiger partial charge in [0.05, 0.1) is 14.2 Å². The molecule has 2 atom stereocenters. The van der Waals surface area contributed by atoms with E-state index >= 15 is 0 Å². The zero-order chi connectivity index (χ0) is 12.1. The largest absolute Gasteiger partial charge is 0.497 e. The maximum atomic E-state index is 13.3. The normalized spacial score (nSPS) is 14.0. The van der Waals surface area contributed by atoms with Crippen LogP contribution in [0.2, 0.25) is 0 Å². The number of aliphatic hydroxyl groups excluding tert-OH is 1. The minimum absolute atomic E-state index is 0.261. The molecule has 0 aliphatic heterocycles. The van der Waals surface area contributed by atoms with Crippen LogP contribution in [-0.4, -0.2) is 31.5 Å². The van der Waals surface area contributed by atoms with Crippen LogP contribution in [0.1, 0.15) is 11.7 Å². The summed E-state index contributed by atoms with van der Waals surface area (Å²) in [5, 5.41) is 9.58. The van der Waals surface area contributed by atoms with E-state index in [0.717, 1.165) is 7.11 Å². The highest BCUT2D eigenvalue weighted by molar-refractivity contribution is 5.75. The van der Waals surface area contributed by atoms with Gasteiger partial charge in [-0.1, -0.05) is 12.1 Å². The minimum atomic E-state index is -2.10. The standard InChI is InChI=1S/C11H13FO4/c1-15-8-5-3-4-7(6-8)10(13)9(12)11(14)16-2/h3-6,9-10,13H,1-2H3. The Balaban J connectivity index is 2.86. The second-order valence-corrected chi connectivity index (χ2v) is 3.15. The van der Waals surface area contributed by atoms with Crippen molar-refractivity contribution >= 4 is 5.97 Å². The third kappa shape index (κ3) is 2.70. The van der Waals surface area contributed by atoms with Gasteiger partial charge >= 0.3 is 5.97 Å². The highest BCUT2D eigenvalue weighted by Gasteiger charge is 2.28. The Hall–Kier alpha value is -1.62. The smallest absolute Gasteiger partial charge is 0.343 e. The summed E-state index contributed by atoms with van der Waals surface area (Å²) in [4.78, 5) is 10.9. The Labute approximate surface area is 92.6 Å². The van der Waals surface area contributed by atoms with E-state index in [1.54, 1.807) is 12.1 Å². The number of aliphatic hydroxyl groups is 1. The summed E-state index contributed by atoms with van der Waals surface area (Å²) in [5.41, 5.74) is 0.261. The maximum Gasteiger partial charge on any atom is 0.343 e. The van der Waals surface area contributed by atoms with Crippen molar-refractivity contribution in [3.05, 3.63) is 29.8 Å². The van der Waals surface area contributed by atoms with Crippen LogP contribution in [0.4, 0.5) is 4.39 Å². The molecule has 0 spiro atoms. The van der Waals surface area contributed by atoms with E-state index in [-0.39, 0.29) is 5.56 Å². The SMILES string of the molecule is COC(=O)C(F)C(O)c1cccc(OC)c1. The lowest BCUT2D eigenvalue weighted by Crippen LogP contribution is -2.24. The van der Waals surface area contributed by atoms with Crippen molar-refractivity contribution in [1.29, 1.82) is 0 Å². The molecule has 1 aromatic carbocycles. The fourth-order valence-corrected chi connectivity index (χ4v) is 1.24. The molecule has 1 rings (SSSR count). The van der Waals surface area contributed by atoms with Crippen molar-refractivity contribution in [2.75, 3.05) is 14.2 Å². The molecule has 0 saturated heterocycles. The van der Waals surface area contributed by atoms with Crippen molar-refractivity contribution in [2.45, 2.75) is 12.3 Å². The molecule has 16 heavy (non-hydrogen) atoms. The molecule has 5 heteroatoms. The molecule has 0 bridgehead atoms. The lowest BCUT2D eigenvalue weighted by atomic mass is 10.1. The number of carbonyl (C=O) groups excluding carboxylic acids is 1. The molecule has 0 heterocycles. The fraction of sp³-hybridized carbons (Fsp3) is 0.364. The van der Waals surface area contributed by atoms with Crippen molar-refractivity contribution in [1.82, 2.24) is 0 Å². The number of hydrogen-bond donors (Lipinski definition) is 1. The highest BCUT2D eigenvalue weighted by Crippen LogP contribution is 2.23. The van der Waals surface area contributed by atoms with Crippen LogP contribution in [0.15, 0.2) is 24.3 Å². The van der Waals surface area contributed by atoms with Crippen LogP contribution in [0.3, 0.4) is 0 Å². The Kier molecular flexibility index (Phi) is 4.25.